The number of hydrogen-bond donors (Lipinski definition) is 1. The average Bonchev–Trinajstić information content (AvgIpc) is 3.13. The molecule has 1 fully saturated rings. The number of carbonyl (C=O) groups is 1. The molecule has 3 heterocycles. The Labute approximate surface area is 123 Å². The number of rotatable bonds is 5. The Kier molecular flexibility index (Phi) is 4.20. The fourth-order valence-electron chi connectivity index (χ4n) is 2.67. The van der Waals surface area contributed by atoms with Crippen molar-refractivity contribution >= 4 is 11.6 Å². The van der Waals surface area contributed by atoms with Gasteiger partial charge in [0.1, 0.15) is 12.7 Å². The molecule has 1 atom stereocenters. The average molecular weight is 286 g/mol. The predicted octanol–water partition coefficient (Wildman–Crippen LogP) is 0.776. The van der Waals surface area contributed by atoms with Crippen molar-refractivity contribution < 1.29 is 4.79 Å². The Morgan fingerprint density at radius 3 is 3.14 bits per heavy atom. The van der Waals surface area contributed by atoms with Gasteiger partial charge in [-0.25, -0.2) is 4.98 Å². The van der Waals surface area contributed by atoms with Crippen LogP contribution in [0.2, 0.25) is 0 Å². The fraction of sp³-hybridized carbons (Fsp3) is 0.429. The number of anilines is 1. The predicted molar refractivity (Wildman–Crippen MR) is 77.5 cm³/mol. The van der Waals surface area contributed by atoms with E-state index in [-0.39, 0.29) is 5.91 Å². The van der Waals surface area contributed by atoms with E-state index in [4.69, 9.17) is 0 Å². The molecule has 7 heteroatoms. The number of hydrogen-bond acceptors (Lipinski definition) is 5. The van der Waals surface area contributed by atoms with Gasteiger partial charge in [0.05, 0.1) is 25.0 Å². The van der Waals surface area contributed by atoms with Gasteiger partial charge in [0.25, 0.3) is 0 Å². The topological polar surface area (TPSA) is 75.9 Å². The molecule has 1 N–H and O–H groups in total. The number of pyridine rings is 1. The second-order valence-electron chi connectivity index (χ2n) is 5.17. The molecule has 0 aromatic carbocycles. The Hall–Kier alpha value is -2.28. The first-order chi connectivity index (χ1) is 10.3. The Morgan fingerprint density at radius 1 is 1.43 bits per heavy atom. The normalized spacial score (nSPS) is 18.8. The summed E-state index contributed by atoms with van der Waals surface area (Å²) < 4.78 is 1.82. The molecule has 2 aromatic rings. The van der Waals surface area contributed by atoms with Crippen LogP contribution in [0.3, 0.4) is 0 Å². The highest BCUT2D eigenvalue weighted by molar-refractivity contribution is 5.92. The minimum atomic E-state index is -0.00603. The molecule has 1 aliphatic rings. The zero-order chi connectivity index (χ0) is 14.5. The third kappa shape index (κ3) is 3.63. The van der Waals surface area contributed by atoms with Crippen LogP contribution >= 0.6 is 0 Å². The van der Waals surface area contributed by atoms with Crippen molar-refractivity contribution in [3.8, 4) is 0 Å². The van der Waals surface area contributed by atoms with Crippen LogP contribution in [0.1, 0.15) is 12.8 Å². The molecule has 1 saturated heterocycles. The fourth-order valence-corrected chi connectivity index (χ4v) is 2.67. The summed E-state index contributed by atoms with van der Waals surface area (Å²) in [5, 5.41) is 7.00. The van der Waals surface area contributed by atoms with Crippen LogP contribution in [0.25, 0.3) is 0 Å². The largest absolute Gasteiger partial charge is 0.324 e. The number of carbonyl (C=O) groups excluding carboxylic acids is 1. The molecule has 2 aromatic heterocycles. The molecule has 110 valence electrons. The molecule has 0 unspecified atom stereocenters. The number of likely N-dealkylation sites (tertiary alicyclic amines) is 1. The van der Waals surface area contributed by atoms with Gasteiger partial charge in [0, 0.05) is 12.2 Å². The highest BCUT2D eigenvalue weighted by Crippen LogP contribution is 2.18. The molecule has 0 radical (unpaired) electrons. The summed E-state index contributed by atoms with van der Waals surface area (Å²) in [7, 11) is 0. The smallest absolute Gasteiger partial charge is 0.238 e. The first-order valence-corrected chi connectivity index (χ1v) is 7.07. The van der Waals surface area contributed by atoms with Crippen LogP contribution in [-0.2, 0) is 11.3 Å². The van der Waals surface area contributed by atoms with Crippen molar-refractivity contribution in [3.05, 3.63) is 37.2 Å². The monoisotopic (exact) mass is 286 g/mol. The van der Waals surface area contributed by atoms with Gasteiger partial charge < -0.3 is 5.32 Å². The van der Waals surface area contributed by atoms with Gasteiger partial charge in [-0.15, -0.1) is 0 Å². The maximum absolute atomic E-state index is 12.1. The molecular weight excluding hydrogens is 268 g/mol. The number of nitrogens with zero attached hydrogens (tertiary/aromatic N) is 5. The van der Waals surface area contributed by atoms with Crippen LogP contribution in [0, 0.1) is 0 Å². The minimum absolute atomic E-state index is 0.00603. The van der Waals surface area contributed by atoms with E-state index in [1.165, 1.54) is 6.33 Å². The van der Waals surface area contributed by atoms with Crippen LogP contribution in [0.4, 0.5) is 5.69 Å². The van der Waals surface area contributed by atoms with E-state index in [0.717, 1.165) is 31.6 Å². The lowest BCUT2D eigenvalue weighted by atomic mass is 10.2. The molecule has 0 spiro atoms. The maximum Gasteiger partial charge on any atom is 0.238 e. The van der Waals surface area contributed by atoms with E-state index in [2.05, 4.69) is 25.3 Å². The summed E-state index contributed by atoms with van der Waals surface area (Å²) in [4.78, 5) is 22.2. The maximum atomic E-state index is 12.1. The molecule has 7 nitrogen and oxygen atoms in total. The van der Waals surface area contributed by atoms with Gasteiger partial charge in [-0.1, -0.05) is 0 Å². The third-order valence-electron chi connectivity index (χ3n) is 3.66. The standard InChI is InChI=1S/C14H18N6O/c21-14(18-12-3-1-5-15-7-12)9-19-6-2-4-13(19)8-20-11-16-10-17-20/h1,3,5,7,10-11,13H,2,4,6,8-9H2,(H,18,21)/t13-/m0/s1. The van der Waals surface area contributed by atoms with Gasteiger partial charge in [-0.05, 0) is 31.5 Å². The molecule has 0 saturated carbocycles. The van der Waals surface area contributed by atoms with Crippen LogP contribution in [0.5, 0.6) is 0 Å². The quantitative estimate of drug-likeness (QED) is 0.879. The van der Waals surface area contributed by atoms with E-state index in [9.17, 15) is 4.79 Å². The second-order valence-corrected chi connectivity index (χ2v) is 5.17. The first-order valence-electron chi connectivity index (χ1n) is 7.07. The molecule has 0 aliphatic carbocycles. The van der Waals surface area contributed by atoms with Crippen LogP contribution < -0.4 is 5.32 Å². The van der Waals surface area contributed by atoms with E-state index >= 15 is 0 Å². The van der Waals surface area contributed by atoms with Crippen molar-refractivity contribution in [2.45, 2.75) is 25.4 Å². The lowest BCUT2D eigenvalue weighted by molar-refractivity contribution is -0.117. The molecular formula is C14H18N6O. The molecule has 0 bridgehead atoms. The minimum Gasteiger partial charge on any atom is -0.324 e. The van der Waals surface area contributed by atoms with Gasteiger partial charge in [-0.2, -0.15) is 5.10 Å². The SMILES string of the molecule is O=C(CN1CCC[C@H]1Cn1cncn1)Nc1cccnc1. The molecule has 21 heavy (non-hydrogen) atoms. The van der Waals surface area contributed by atoms with Crippen LogP contribution in [0.15, 0.2) is 37.2 Å². The first kappa shape index (κ1) is 13.7. The van der Waals surface area contributed by atoms with E-state index in [0.29, 0.717) is 12.6 Å². The van der Waals surface area contributed by atoms with Crippen molar-refractivity contribution in [1.82, 2.24) is 24.6 Å². The number of nitrogens with one attached hydrogen (secondary N) is 1. The third-order valence-corrected chi connectivity index (χ3v) is 3.66. The van der Waals surface area contributed by atoms with E-state index in [1.807, 2.05) is 10.7 Å². The summed E-state index contributed by atoms with van der Waals surface area (Å²) in [5.74, 6) is -0.00603. The highest BCUT2D eigenvalue weighted by atomic mass is 16.2. The summed E-state index contributed by atoms with van der Waals surface area (Å²) in [6, 6.07) is 3.98. The molecule has 1 amide bonds. The Bertz CT molecular complexity index is 570. The van der Waals surface area contributed by atoms with Crippen LogP contribution in [-0.4, -0.2) is 49.7 Å². The van der Waals surface area contributed by atoms with Crippen molar-refractivity contribution in [2.24, 2.45) is 0 Å². The molecule has 3 rings (SSSR count). The molecule has 1 aliphatic heterocycles. The summed E-state index contributed by atoms with van der Waals surface area (Å²) in [5.41, 5.74) is 0.731. The lowest BCUT2D eigenvalue weighted by Crippen LogP contribution is -2.39. The van der Waals surface area contributed by atoms with Crippen molar-refractivity contribution in [2.75, 3.05) is 18.4 Å². The zero-order valence-corrected chi connectivity index (χ0v) is 11.7. The Balaban J connectivity index is 1.54. The summed E-state index contributed by atoms with van der Waals surface area (Å²) in [6.07, 6.45) is 8.78. The van der Waals surface area contributed by atoms with Crippen molar-refractivity contribution in [1.29, 1.82) is 0 Å². The van der Waals surface area contributed by atoms with Gasteiger partial charge in [0.2, 0.25) is 5.91 Å². The summed E-state index contributed by atoms with van der Waals surface area (Å²) >= 11 is 0. The van der Waals surface area contributed by atoms with Gasteiger partial charge >= 0.3 is 0 Å². The number of aromatic nitrogens is 4. The lowest BCUT2D eigenvalue weighted by Gasteiger charge is -2.23. The second kappa shape index (κ2) is 6.45. The van der Waals surface area contributed by atoms with Crippen molar-refractivity contribution in [3.63, 3.8) is 0 Å². The summed E-state index contributed by atoms with van der Waals surface area (Å²) in [6.45, 7) is 2.12. The van der Waals surface area contributed by atoms with E-state index in [1.54, 1.807) is 24.8 Å². The zero-order valence-electron chi connectivity index (χ0n) is 11.7. The van der Waals surface area contributed by atoms with Gasteiger partial charge in [0.15, 0.2) is 0 Å². The van der Waals surface area contributed by atoms with E-state index < -0.39 is 0 Å². The Morgan fingerprint density at radius 2 is 2.38 bits per heavy atom. The van der Waals surface area contributed by atoms with Gasteiger partial charge in [-0.3, -0.25) is 19.4 Å². The number of amides is 1. The highest BCUT2D eigenvalue weighted by Gasteiger charge is 2.26.